The Morgan fingerprint density at radius 2 is 2.08 bits per heavy atom. The molecule has 0 saturated carbocycles. The summed E-state index contributed by atoms with van der Waals surface area (Å²) in [5.74, 6) is -0.488. The van der Waals surface area contributed by atoms with Crippen LogP contribution in [0.15, 0.2) is 23.0 Å². The van der Waals surface area contributed by atoms with Crippen molar-refractivity contribution in [1.29, 1.82) is 0 Å². The van der Waals surface area contributed by atoms with Crippen LogP contribution in [-0.2, 0) is 0 Å². The Morgan fingerprint density at radius 1 is 1.42 bits per heavy atom. The van der Waals surface area contributed by atoms with Gasteiger partial charge < -0.3 is 5.11 Å². The van der Waals surface area contributed by atoms with Crippen molar-refractivity contribution in [3.63, 3.8) is 0 Å². The summed E-state index contributed by atoms with van der Waals surface area (Å²) in [5.41, 5.74) is 0.205. The van der Waals surface area contributed by atoms with Crippen LogP contribution in [0.2, 0.25) is 0 Å². The minimum Gasteiger partial charge on any atom is -0.504 e. The van der Waals surface area contributed by atoms with Gasteiger partial charge in [0.2, 0.25) is 5.43 Å². The number of aryl methyl sites for hydroxylation is 1. The molecule has 0 aliphatic rings. The molecule has 0 atom stereocenters. The molecule has 0 unspecified atom stereocenters. The Kier molecular flexibility index (Phi) is 2.24. The second kappa shape index (κ2) is 3.17. The Labute approximate surface area is 69.3 Å². The Bertz CT molecular complexity index is 369. The van der Waals surface area contributed by atoms with Crippen molar-refractivity contribution in [1.82, 2.24) is 0 Å². The second-order valence-electron chi connectivity index (χ2n) is 2.51. The molecule has 0 heterocycles. The minimum absolute atomic E-state index is 0.0214. The summed E-state index contributed by atoms with van der Waals surface area (Å²) in [6.45, 7) is 1.72. The van der Waals surface area contributed by atoms with E-state index in [1.807, 2.05) is 0 Å². The van der Waals surface area contributed by atoms with E-state index in [2.05, 4.69) is 0 Å². The van der Waals surface area contributed by atoms with E-state index in [1.54, 1.807) is 13.0 Å². The van der Waals surface area contributed by atoms with Gasteiger partial charge in [-0.3, -0.25) is 9.59 Å². The minimum atomic E-state index is -0.528. The lowest BCUT2D eigenvalue weighted by Crippen LogP contribution is -1.96. The van der Waals surface area contributed by atoms with Gasteiger partial charge in [-0.2, -0.15) is 0 Å². The monoisotopic (exact) mass is 164 g/mol. The highest BCUT2D eigenvalue weighted by atomic mass is 16.3. The first kappa shape index (κ1) is 8.46. The Hall–Kier alpha value is -1.64. The maximum atomic E-state index is 11.0. The van der Waals surface area contributed by atoms with Crippen LogP contribution in [0.25, 0.3) is 0 Å². The van der Waals surface area contributed by atoms with Gasteiger partial charge in [0, 0.05) is 0 Å². The topological polar surface area (TPSA) is 54.4 Å². The van der Waals surface area contributed by atoms with Crippen molar-refractivity contribution in [2.24, 2.45) is 0 Å². The van der Waals surface area contributed by atoms with Crippen LogP contribution in [0.5, 0.6) is 5.75 Å². The molecule has 0 amide bonds. The summed E-state index contributed by atoms with van der Waals surface area (Å²) in [7, 11) is 0. The SMILES string of the molecule is Cc1ccc(C=O)c(O)c(=O)c1. The molecule has 0 spiro atoms. The van der Waals surface area contributed by atoms with Gasteiger partial charge in [0.05, 0.1) is 5.56 Å². The van der Waals surface area contributed by atoms with Crippen molar-refractivity contribution < 1.29 is 9.90 Å². The molecule has 0 aromatic heterocycles. The van der Waals surface area contributed by atoms with Crippen LogP contribution in [0.1, 0.15) is 15.9 Å². The fourth-order valence-electron chi connectivity index (χ4n) is 0.861. The highest BCUT2D eigenvalue weighted by molar-refractivity contribution is 5.78. The molecule has 3 heteroatoms. The van der Waals surface area contributed by atoms with Gasteiger partial charge in [-0.25, -0.2) is 0 Å². The van der Waals surface area contributed by atoms with Crippen LogP contribution >= 0.6 is 0 Å². The van der Waals surface area contributed by atoms with Gasteiger partial charge in [-0.1, -0.05) is 6.07 Å². The van der Waals surface area contributed by atoms with Crippen molar-refractivity contribution >= 4 is 6.29 Å². The summed E-state index contributed by atoms with van der Waals surface area (Å²) in [6.07, 6.45) is 0.455. The zero-order chi connectivity index (χ0) is 9.14. The molecule has 1 aromatic rings. The fraction of sp³-hybridized carbons (Fsp3) is 0.111. The lowest BCUT2D eigenvalue weighted by Gasteiger charge is -1.84. The Balaban J connectivity index is 3.59. The zero-order valence-electron chi connectivity index (χ0n) is 6.57. The predicted octanol–water partition coefficient (Wildman–Crippen LogP) is 0.873. The number of rotatable bonds is 1. The first-order valence-electron chi connectivity index (χ1n) is 3.44. The second-order valence-corrected chi connectivity index (χ2v) is 2.51. The maximum absolute atomic E-state index is 11.0. The standard InChI is InChI=1S/C9H8O3/c1-6-2-3-7(5-10)9(12)8(11)4-6/h2-5H,1H3,(H,11,12). The van der Waals surface area contributed by atoms with E-state index < -0.39 is 11.2 Å². The molecule has 0 aliphatic carbocycles. The first-order chi connectivity index (χ1) is 5.65. The molecule has 1 rings (SSSR count). The molecule has 62 valence electrons. The molecule has 0 radical (unpaired) electrons. The molecular formula is C9H8O3. The number of hydrogen-bond acceptors (Lipinski definition) is 3. The summed E-state index contributed by atoms with van der Waals surface area (Å²) < 4.78 is 0. The maximum Gasteiger partial charge on any atom is 0.221 e. The Morgan fingerprint density at radius 3 is 2.67 bits per heavy atom. The van der Waals surface area contributed by atoms with Crippen LogP contribution in [0, 0.1) is 6.92 Å². The molecule has 1 N–H and O–H groups in total. The lowest BCUT2D eigenvalue weighted by molar-refractivity contribution is 0.112. The molecule has 12 heavy (non-hydrogen) atoms. The van der Waals surface area contributed by atoms with Crippen molar-refractivity contribution in [2.45, 2.75) is 6.92 Å². The third-order valence-corrected chi connectivity index (χ3v) is 1.52. The van der Waals surface area contributed by atoms with E-state index in [0.717, 1.165) is 0 Å². The molecule has 0 aliphatic heterocycles. The largest absolute Gasteiger partial charge is 0.504 e. The summed E-state index contributed by atoms with van der Waals surface area (Å²) in [4.78, 5) is 21.3. The van der Waals surface area contributed by atoms with Crippen LogP contribution in [0.4, 0.5) is 0 Å². The molecule has 0 saturated heterocycles. The fourth-order valence-corrected chi connectivity index (χ4v) is 0.861. The third-order valence-electron chi connectivity index (χ3n) is 1.52. The van der Waals surface area contributed by atoms with E-state index in [-0.39, 0.29) is 5.56 Å². The first-order valence-corrected chi connectivity index (χ1v) is 3.44. The molecule has 3 nitrogen and oxygen atoms in total. The van der Waals surface area contributed by atoms with Crippen molar-refractivity contribution in [2.75, 3.05) is 0 Å². The average molecular weight is 164 g/mol. The summed E-state index contributed by atoms with van der Waals surface area (Å²) >= 11 is 0. The van der Waals surface area contributed by atoms with Crippen LogP contribution < -0.4 is 5.43 Å². The lowest BCUT2D eigenvalue weighted by atomic mass is 10.3. The van der Waals surface area contributed by atoms with Crippen molar-refractivity contribution in [3.8, 4) is 5.75 Å². The van der Waals surface area contributed by atoms with Gasteiger partial charge in [0.25, 0.3) is 0 Å². The van der Waals surface area contributed by atoms with E-state index >= 15 is 0 Å². The number of carbonyl (C=O) groups excluding carboxylic acids is 1. The summed E-state index contributed by atoms with van der Waals surface area (Å²) in [5, 5.41) is 9.14. The van der Waals surface area contributed by atoms with Gasteiger partial charge in [0.15, 0.2) is 12.0 Å². The highest BCUT2D eigenvalue weighted by Crippen LogP contribution is 2.07. The van der Waals surface area contributed by atoms with Crippen LogP contribution in [-0.4, -0.2) is 11.4 Å². The molecule has 0 bridgehead atoms. The van der Waals surface area contributed by atoms with Crippen LogP contribution in [0.3, 0.4) is 0 Å². The molecule has 0 fully saturated rings. The highest BCUT2D eigenvalue weighted by Gasteiger charge is 2.01. The van der Waals surface area contributed by atoms with E-state index in [1.165, 1.54) is 12.1 Å². The third kappa shape index (κ3) is 1.50. The van der Waals surface area contributed by atoms with Gasteiger partial charge in [-0.15, -0.1) is 0 Å². The number of carbonyl (C=O) groups is 1. The number of aromatic hydroxyl groups is 1. The van der Waals surface area contributed by atoms with E-state index in [9.17, 15) is 9.59 Å². The average Bonchev–Trinajstić information content (AvgIpc) is 2.14. The predicted molar refractivity (Wildman–Crippen MR) is 44.5 cm³/mol. The zero-order valence-corrected chi connectivity index (χ0v) is 6.57. The van der Waals surface area contributed by atoms with Gasteiger partial charge in [-0.05, 0) is 24.6 Å². The quantitative estimate of drug-likeness (QED) is 0.626. The smallest absolute Gasteiger partial charge is 0.221 e. The number of hydrogen-bond donors (Lipinski definition) is 1. The summed E-state index contributed by atoms with van der Waals surface area (Å²) in [6, 6.07) is 4.30. The van der Waals surface area contributed by atoms with Crippen molar-refractivity contribution in [3.05, 3.63) is 39.5 Å². The van der Waals surface area contributed by atoms with E-state index in [4.69, 9.17) is 5.11 Å². The number of aldehydes is 1. The van der Waals surface area contributed by atoms with E-state index in [0.29, 0.717) is 11.8 Å². The van der Waals surface area contributed by atoms with Gasteiger partial charge >= 0.3 is 0 Å². The van der Waals surface area contributed by atoms with Gasteiger partial charge in [0.1, 0.15) is 0 Å². The molecular weight excluding hydrogens is 156 g/mol. The molecule has 1 aromatic carbocycles. The normalized spacial score (nSPS) is 9.42.